The molecule has 0 amide bonds. The molecule has 134 valence electrons. The Kier molecular flexibility index (Phi) is 4.67. The van der Waals surface area contributed by atoms with Crippen molar-refractivity contribution in [2.75, 3.05) is 25.0 Å². The van der Waals surface area contributed by atoms with E-state index in [1.54, 1.807) is 6.07 Å². The number of anilines is 2. The maximum Gasteiger partial charge on any atom is 0.141 e. The summed E-state index contributed by atoms with van der Waals surface area (Å²) in [5, 5.41) is 6.71. The van der Waals surface area contributed by atoms with E-state index in [-0.39, 0.29) is 16.9 Å². The summed E-state index contributed by atoms with van der Waals surface area (Å²) in [6, 6.07) is 7.28. The molecule has 3 aromatic rings. The Morgan fingerprint density at radius 2 is 2.04 bits per heavy atom. The standard InChI is InChI=1S/C18H15ClF2N4O/c19-13-5-10(1-2-14(13)20)25-18-12-6-15(21)11(7-16(12)23-9-24-18)17-8-22-3-4-26-17/h1-2,5-7,9,17,22H,3-4,8H2,(H,23,24,25). The first-order valence-corrected chi connectivity index (χ1v) is 8.48. The van der Waals surface area contributed by atoms with Crippen LogP contribution in [0.15, 0.2) is 36.7 Å². The summed E-state index contributed by atoms with van der Waals surface area (Å²) < 4.78 is 33.6. The van der Waals surface area contributed by atoms with Crippen molar-refractivity contribution in [3.8, 4) is 0 Å². The van der Waals surface area contributed by atoms with E-state index in [4.69, 9.17) is 16.3 Å². The van der Waals surface area contributed by atoms with Crippen LogP contribution in [0.4, 0.5) is 20.3 Å². The highest BCUT2D eigenvalue weighted by atomic mass is 35.5. The number of nitrogens with zero attached hydrogens (tertiary/aromatic N) is 2. The zero-order valence-corrected chi connectivity index (χ0v) is 14.4. The zero-order chi connectivity index (χ0) is 18.1. The summed E-state index contributed by atoms with van der Waals surface area (Å²) in [6.07, 6.45) is 1.03. The van der Waals surface area contributed by atoms with Gasteiger partial charge < -0.3 is 15.4 Å². The van der Waals surface area contributed by atoms with Crippen molar-refractivity contribution >= 4 is 34.0 Å². The van der Waals surface area contributed by atoms with Gasteiger partial charge in [-0.2, -0.15) is 0 Å². The molecule has 1 aliphatic rings. The average Bonchev–Trinajstić information content (AvgIpc) is 2.65. The fourth-order valence-corrected chi connectivity index (χ4v) is 3.10. The first-order valence-electron chi connectivity index (χ1n) is 8.10. The van der Waals surface area contributed by atoms with Crippen LogP contribution in [0.2, 0.25) is 5.02 Å². The average molecular weight is 377 g/mol. The molecule has 8 heteroatoms. The number of nitrogens with one attached hydrogen (secondary N) is 2. The fourth-order valence-electron chi connectivity index (χ4n) is 2.91. The van der Waals surface area contributed by atoms with Gasteiger partial charge in [-0.25, -0.2) is 18.7 Å². The van der Waals surface area contributed by atoms with Gasteiger partial charge in [0.2, 0.25) is 0 Å². The molecular formula is C18H15ClF2N4O. The second kappa shape index (κ2) is 7.11. The van der Waals surface area contributed by atoms with Crippen LogP contribution in [-0.4, -0.2) is 29.7 Å². The number of benzene rings is 2. The highest BCUT2D eigenvalue weighted by Crippen LogP contribution is 2.30. The lowest BCUT2D eigenvalue weighted by Gasteiger charge is -2.24. The zero-order valence-electron chi connectivity index (χ0n) is 13.6. The van der Waals surface area contributed by atoms with E-state index in [0.29, 0.717) is 41.1 Å². The van der Waals surface area contributed by atoms with E-state index >= 15 is 0 Å². The van der Waals surface area contributed by atoms with Crippen LogP contribution in [-0.2, 0) is 4.74 Å². The maximum absolute atomic E-state index is 14.7. The molecule has 26 heavy (non-hydrogen) atoms. The highest BCUT2D eigenvalue weighted by molar-refractivity contribution is 6.31. The Labute approximate surface area is 153 Å². The Morgan fingerprint density at radius 1 is 1.15 bits per heavy atom. The molecular weight excluding hydrogens is 362 g/mol. The van der Waals surface area contributed by atoms with Gasteiger partial charge >= 0.3 is 0 Å². The van der Waals surface area contributed by atoms with E-state index < -0.39 is 5.82 Å². The van der Waals surface area contributed by atoms with Gasteiger partial charge in [-0.15, -0.1) is 0 Å². The van der Waals surface area contributed by atoms with Crippen molar-refractivity contribution < 1.29 is 13.5 Å². The molecule has 1 aromatic heterocycles. The van der Waals surface area contributed by atoms with E-state index in [2.05, 4.69) is 20.6 Å². The highest BCUT2D eigenvalue weighted by Gasteiger charge is 2.21. The maximum atomic E-state index is 14.7. The van der Waals surface area contributed by atoms with Crippen LogP contribution in [0.5, 0.6) is 0 Å². The summed E-state index contributed by atoms with van der Waals surface area (Å²) in [5.74, 6) is -0.492. The first kappa shape index (κ1) is 17.1. The molecule has 2 aromatic carbocycles. The largest absolute Gasteiger partial charge is 0.371 e. The number of halogens is 3. The Morgan fingerprint density at radius 3 is 2.81 bits per heavy atom. The summed E-state index contributed by atoms with van der Waals surface area (Å²) in [5.41, 5.74) is 1.58. The molecule has 0 bridgehead atoms. The summed E-state index contributed by atoms with van der Waals surface area (Å²) >= 11 is 5.80. The third-order valence-electron chi connectivity index (χ3n) is 4.21. The van der Waals surface area contributed by atoms with Gasteiger partial charge in [0.15, 0.2) is 0 Å². The van der Waals surface area contributed by atoms with Gasteiger partial charge in [0.05, 0.1) is 23.3 Å². The number of fused-ring (bicyclic) bond motifs is 1. The van der Waals surface area contributed by atoms with E-state index in [9.17, 15) is 8.78 Å². The minimum atomic E-state index is -0.512. The lowest BCUT2D eigenvalue weighted by Crippen LogP contribution is -2.33. The third kappa shape index (κ3) is 3.33. The fraction of sp³-hybridized carbons (Fsp3) is 0.222. The minimum Gasteiger partial charge on any atom is -0.371 e. The van der Waals surface area contributed by atoms with Crippen molar-refractivity contribution in [1.29, 1.82) is 0 Å². The van der Waals surface area contributed by atoms with Gasteiger partial charge in [0.1, 0.15) is 23.8 Å². The molecule has 1 fully saturated rings. The molecule has 5 nitrogen and oxygen atoms in total. The second-order valence-corrected chi connectivity index (χ2v) is 6.34. The molecule has 1 saturated heterocycles. The van der Waals surface area contributed by atoms with Crippen LogP contribution < -0.4 is 10.6 Å². The second-order valence-electron chi connectivity index (χ2n) is 5.93. The van der Waals surface area contributed by atoms with Gasteiger partial charge in [-0.3, -0.25) is 0 Å². The molecule has 0 spiro atoms. The molecule has 4 rings (SSSR count). The smallest absolute Gasteiger partial charge is 0.141 e. The van der Waals surface area contributed by atoms with Crippen molar-refractivity contribution in [2.45, 2.75) is 6.10 Å². The molecule has 1 unspecified atom stereocenters. The lowest BCUT2D eigenvalue weighted by atomic mass is 10.0. The monoisotopic (exact) mass is 376 g/mol. The van der Waals surface area contributed by atoms with Crippen molar-refractivity contribution in [2.24, 2.45) is 0 Å². The van der Waals surface area contributed by atoms with Crippen molar-refractivity contribution in [3.05, 3.63) is 58.9 Å². The molecule has 0 aliphatic carbocycles. The van der Waals surface area contributed by atoms with E-state index in [0.717, 1.165) is 6.54 Å². The van der Waals surface area contributed by atoms with E-state index in [1.807, 2.05) is 0 Å². The van der Waals surface area contributed by atoms with Crippen LogP contribution in [0, 0.1) is 11.6 Å². The molecule has 2 heterocycles. The molecule has 0 saturated carbocycles. The first-order chi connectivity index (χ1) is 12.6. The normalized spacial score (nSPS) is 17.4. The molecule has 0 radical (unpaired) electrons. The molecule has 2 N–H and O–H groups in total. The van der Waals surface area contributed by atoms with Gasteiger partial charge in [0.25, 0.3) is 0 Å². The van der Waals surface area contributed by atoms with Crippen molar-refractivity contribution in [3.63, 3.8) is 0 Å². The van der Waals surface area contributed by atoms with Crippen LogP contribution >= 0.6 is 11.6 Å². The predicted molar refractivity (Wildman–Crippen MR) is 95.8 cm³/mol. The number of rotatable bonds is 3. The summed E-state index contributed by atoms with van der Waals surface area (Å²) in [6.45, 7) is 1.83. The summed E-state index contributed by atoms with van der Waals surface area (Å²) in [7, 11) is 0. The van der Waals surface area contributed by atoms with Crippen LogP contribution in [0.25, 0.3) is 10.9 Å². The lowest BCUT2D eigenvalue weighted by molar-refractivity contribution is 0.0256. The van der Waals surface area contributed by atoms with Gasteiger partial charge in [0, 0.05) is 29.7 Å². The Balaban J connectivity index is 1.72. The third-order valence-corrected chi connectivity index (χ3v) is 4.50. The number of ether oxygens (including phenoxy) is 1. The minimum absolute atomic E-state index is 0.0104. The van der Waals surface area contributed by atoms with E-state index in [1.165, 1.54) is 30.6 Å². The quantitative estimate of drug-likeness (QED) is 0.724. The summed E-state index contributed by atoms with van der Waals surface area (Å²) in [4.78, 5) is 8.40. The molecule has 1 atom stereocenters. The Hall–Kier alpha value is -2.35. The number of hydrogen-bond acceptors (Lipinski definition) is 5. The van der Waals surface area contributed by atoms with Crippen LogP contribution in [0.1, 0.15) is 11.7 Å². The number of hydrogen-bond donors (Lipinski definition) is 2. The SMILES string of the molecule is Fc1ccc(Nc2ncnc3cc(C4CNCCO4)c(F)cc23)cc1Cl. The number of aromatic nitrogens is 2. The van der Waals surface area contributed by atoms with Gasteiger partial charge in [-0.1, -0.05) is 11.6 Å². The topological polar surface area (TPSA) is 59.1 Å². The van der Waals surface area contributed by atoms with Gasteiger partial charge in [-0.05, 0) is 30.3 Å². The molecule has 1 aliphatic heterocycles. The van der Waals surface area contributed by atoms with Crippen molar-refractivity contribution in [1.82, 2.24) is 15.3 Å². The van der Waals surface area contributed by atoms with Crippen LogP contribution in [0.3, 0.4) is 0 Å². The number of morpholine rings is 1. The Bertz CT molecular complexity index is 963. The predicted octanol–water partition coefficient (Wildman–Crippen LogP) is 3.97.